The number of fused-ring (bicyclic) bond motifs is 1. The Morgan fingerprint density at radius 3 is 2.57 bits per heavy atom. The summed E-state index contributed by atoms with van der Waals surface area (Å²) in [6.45, 7) is 0.0911. The molecule has 9 heteroatoms. The van der Waals surface area contributed by atoms with Crippen molar-refractivity contribution in [3.05, 3.63) is 105 Å². The van der Waals surface area contributed by atoms with Crippen LogP contribution in [0, 0.1) is 5.82 Å². The van der Waals surface area contributed by atoms with Crippen LogP contribution in [-0.4, -0.2) is 33.6 Å². The van der Waals surface area contributed by atoms with Crippen LogP contribution >= 0.6 is 0 Å². The van der Waals surface area contributed by atoms with Gasteiger partial charge in [0.1, 0.15) is 23.0 Å². The van der Waals surface area contributed by atoms with Crippen molar-refractivity contribution < 1.29 is 13.9 Å². The number of benzene rings is 2. The maximum atomic E-state index is 15.2. The Hall–Kier alpha value is -4.66. The van der Waals surface area contributed by atoms with Crippen LogP contribution in [0.5, 0.6) is 11.5 Å². The number of hydrogen-bond donors (Lipinski definition) is 1. The van der Waals surface area contributed by atoms with Crippen LogP contribution in [0.25, 0.3) is 27.8 Å². The van der Waals surface area contributed by atoms with E-state index in [0.29, 0.717) is 17.2 Å². The van der Waals surface area contributed by atoms with Crippen LogP contribution in [0.3, 0.4) is 0 Å². The summed E-state index contributed by atoms with van der Waals surface area (Å²) in [6.07, 6.45) is 3.24. The van der Waals surface area contributed by atoms with E-state index in [1.54, 1.807) is 48.8 Å². The first-order valence-corrected chi connectivity index (χ1v) is 10.8. The van der Waals surface area contributed by atoms with Crippen molar-refractivity contribution in [1.82, 2.24) is 19.3 Å². The lowest BCUT2D eigenvalue weighted by molar-refractivity contribution is 0.411. The second-order valence-electron chi connectivity index (χ2n) is 7.84. The average Bonchev–Trinajstić information content (AvgIpc) is 3.21. The molecule has 0 atom stereocenters. The van der Waals surface area contributed by atoms with E-state index in [2.05, 4.69) is 10.1 Å². The zero-order chi connectivity index (χ0) is 24.5. The van der Waals surface area contributed by atoms with Gasteiger partial charge < -0.3 is 14.0 Å². The Bertz CT molecular complexity index is 1650. The van der Waals surface area contributed by atoms with Gasteiger partial charge in [-0.05, 0) is 42.0 Å². The average molecular weight is 472 g/mol. The number of rotatable bonds is 6. The number of pyridine rings is 2. The van der Waals surface area contributed by atoms with Gasteiger partial charge in [0, 0.05) is 24.0 Å². The Kier molecular flexibility index (Phi) is 5.66. The second-order valence-corrected chi connectivity index (χ2v) is 7.84. The molecule has 0 amide bonds. The predicted molar refractivity (Wildman–Crippen MR) is 130 cm³/mol. The Labute approximate surface area is 198 Å². The number of aromatic amines is 1. The summed E-state index contributed by atoms with van der Waals surface area (Å²) < 4.78 is 28.6. The molecular formula is C26H21FN4O4. The van der Waals surface area contributed by atoms with Gasteiger partial charge in [0.2, 0.25) is 0 Å². The number of nitrogens with zero attached hydrogens (tertiary/aromatic N) is 3. The molecule has 0 spiro atoms. The molecule has 0 aliphatic rings. The molecule has 0 fully saturated rings. The Balaban J connectivity index is 1.88. The van der Waals surface area contributed by atoms with Gasteiger partial charge in [0.15, 0.2) is 0 Å². The SMILES string of the molecule is COc1ccc(F)c(-c2c3c(=O)n(-c4ccccc4OC)[nH]c3cc(=O)n2Cc2cccnc2)c1. The molecule has 8 nitrogen and oxygen atoms in total. The van der Waals surface area contributed by atoms with Gasteiger partial charge >= 0.3 is 0 Å². The Morgan fingerprint density at radius 2 is 1.83 bits per heavy atom. The lowest BCUT2D eigenvalue weighted by Crippen LogP contribution is -2.24. The largest absolute Gasteiger partial charge is 0.497 e. The number of methoxy groups -OCH3 is 2. The number of hydrogen-bond acceptors (Lipinski definition) is 5. The summed E-state index contributed by atoms with van der Waals surface area (Å²) in [5, 5.41) is 3.15. The summed E-state index contributed by atoms with van der Waals surface area (Å²) in [5.74, 6) is 0.252. The topological polar surface area (TPSA) is 91.1 Å². The standard InChI is InChI=1S/C26H21FN4O4/c1-34-17-9-10-19(27)18(12-17)25-24-20(13-23(32)30(25)15-16-6-5-11-28-14-16)29-31(26(24)33)21-7-3-4-8-22(21)35-2/h3-14,29H,15H2,1-2H3. The van der Waals surface area contributed by atoms with Gasteiger partial charge in [-0.3, -0.25) is 19.7 Å². The van der Waals surface area contributed by atoms with Crippen molar-refractivity contribution in [2.75, 3.05) is 14.2 Å². The molecule has 0 radical (unpaired) electrons. The fourth-order valence-corrected chi connectivity index (χ4v) is 4.14. The van der Waals surface area contributed by atoms with E-state index in [1.165, 1.54) is 47.7 Å². The fourth-order valence-electron chi connectivity index (χ4n) is 4.14. The molecule has 2 aromatic carbocycles. The fraction of sp³-hybridized carbons (Fsp3) is 0.115. The van der Waals surface area contributed by atoms with Gasteiger partial charge in [-0.15, -0.1) is 0 Å². The predicted octanol–water partition coefficient (Wildman–Crippen LogP) is 3.75. The van der Waals surface area contributed by atoms with E-state index in [9.17, 15) is 9.59 Å². The summed E-state index contributed by atoms with van der Waals surface area (Å²) in [4.78, 5) is 31.2. The molecule has 0 saturated carbocycles. The van der Waals surface area contributed by atoms with E-state index < -0.39 is 16.9 Å². The quantitative estimate of drug-likeness (QED) is 0.407. The highest BCUT2D eigenvalue weighted by molar-refractivity contribution is 5.93. The summed E-state index contributed by atoms with van der Waals surface area (Å²) >= 11 is 0. The van der Waals surface area contributed by atoms with E-state index in [-0.39, 0.29) is 28.7 Å². The molecule has 0 unspecified atom stereocenters. The molecule has 1 N–H and O–H groups in total. The lowest BCUT2D eigenvalue weighted by Gasteiger charge is -2.15. The van der Waals surface area contributed by atoms with Crippen molar-refractivity contribution in [1.29, 1.82) is 0 Å². The van der Waals surface area contributed by atoms with Crippen LogP contribution in [0.2, 0.25) is 0 Å². The first-order valence-electron chi connectivity index (χ1n) is 10.8. The number of ether oxygens (including phenoxy) is 2. The van der Waals surface area contributed by atoms with Gasteiger partial charge in [-0.2, -0.15) is 0 Å². The van der Waals surface area contributed by atoms with Crippen molar-refractivity contribution in [2.45, 2.75) is 6.54 Å². The van der Waals surface area contributed by atoms with E-state index >= 15 is 4.39 Å². The third kappa shape index (κ3) is 3.86. The van der Waals surface area contributed by atoms with Crippen molar-refractivity contribution in [3.8, 4) is 28.4 Å². The minimum absolute atomic E-state index is 0.0687. The van der Waals surface area contributed by atoms with E-state index in [4.69, 9.17) is 9.47 Å². The van der Waals surface area contributed by atoms with E-state index in [0.717, 1.165) is 5.56 Å². The number of para-hydroxylation sites is 2. The first kappa shape index (κ1) is 22.1. The number of aromatic nitrogens is 4. The third-order valence-electron chi connectivity index (χ3n) is 5.78. The minimum atomic E-state index is -0.595. The van der Waals surface area contributed by atoms with Crippen LogP contribution in [0.4, 0.5) is 4.39 Å². The highest BCUT2D eigenvalue weighted by atomic mass is 19.1. The minimum Gasteiger partial charge on any atom is -0.497 e. The zero-order valence-corrected chi connectivity index (χ0v) is 19.0. The molecule has 0 bridgehead atoms. The normalized spacial score (nSPS) is 11.1. The summed E-state index contributed by atoms with van der Waals surface area (Å²) in [6, 6.07) is 16.1. The number of H-pyrrole nitrogens is 1. The van der Waals surface area contributed by atoms with Gasteiger partial charge in [0.05, 0.1) is 37.4 Å². The molecule has 0 aliphatic heterocycles. The van der Waals surface area contributed by atoms with E-state index in [1.807, 2.05) is 0 Å². The molecule has 3 heterocycles. The number of nitrogens with one attached hydrogen (secondary N) is 1. The Morgan fingerprint density at radius 1 is 1.00 bits per heavy atom. The third-order valence-corrected chi connectivity index (χ3v) is 5.78. The molecule has 5 rings (SSSR count). The van der Waals surface area contributed by atoms with Crippen molar-refractivity contribution in [3.63, 3.8) is 0 Å². The number of halogens is 1. The smallest absolute Gasteiger partial charge is 0.281 e. The van der Waals surface area contributed by atoms with Gasteiger partial charge in [0.25, 0.3) is 11.1 Å². The van der Waals surface area contributed by atoms with Crippen molar-refractivity contribution in [2.24, 2.45) is 0 Å². The molecule has 0 aliphatic carbocycles. The molecule has 5 aromatic rings. The van der Waals surface area contributed by atoms with Crippen LogP contribution in [-0.2, 0) is 6.54 Å². The zero-order valence-electron chi connectivity index (χ0n) is 19.0. The van der Waals surface area contributed by atoms with Crippen LogP contribution in [0.1, 0.15) is 5.56 Å². The van der Waals surface area contributed by atoms with Crippen LogP contribution < -0.4 is 20.6 Å². The van der Waals surface area contributed by atoms with Gasteiger partial charge in [-0.1, -0.05) is 18.2 Å². The molecule has 3 aromatic heterocycles. The maximum Gasteiger partial charge on any atom is 0.281 e. The molecule has 35 heavy (non-hydrogen) atoms. The molecule has 176 valence electrons. The van der Waals surface area contributed by atoms with Crippen LogP contribution in [0.15, 0.2) is 82.6 Å². The molecule has 0 saturated heterocycles. The highest BCUT2D eigenvalue weighted by Gasteiger charge is 2.23. The first-order chi connectivity index (χ1) is 17.0. The van der Waals surface area contributed by atoms with Crippen molar-refractivity contribution >= 4 is 10.9 Å². The second kappa shape index (κ2) is 8.94. The maximum absolute atomic E-state index is 15.2. The van der Waals surface area contributed by atoms with Gasteiger partial charge in [-0.25, -0.2) is 9.07 Å². The molecular weight excluding hydrogens is 451 g/mol. The summed E-state index contributed by atoms with van der Waals surface area (Å²) in [7, 11) is 2.96. The summed E-state index contributed by atoms with van der Waals surface area (Å²) in [5.41, 5.74) is 0.791. The lowest BCUT2D eigenvalue weighted by atomic mass is 10.1. The highest BCUT2D eigenvalue weighted by Crippen LogP contribution is 2.31. The monoisotopic (exact) mass is 472 g/mol.